The highest BCUT2D eigenvalue weighted by Gasteiger charge is 2.14. The number of hydrogen-bond acceptors (Lipinski definition) is 4. The molecule has 0 fully saturated rings. The van der Waals surface area contributed by atoms with E-state index in [0.717, 1.165) is 28.2 Å². The maximum Gasteiger partial charge on any atom is 0.154 e. The zero-order valence-corrected chi connectivity index (χ0v) is 14.5. The van der Waals surface area contributed by atoms with E-state index in [1.165, 1.54) is 10.8 Å². The summed E-state index contributed by atoms with van der Waals surface area (Å²) in [6, 6.07) is 22.1. The normalized spacial score (nSPS) is 12.5. The minimum Gasteiger partial charge on any atom is -0.319 e. The number of nitrogens with zero attached hydrogens (tertiary/aromatic N) is 4. The van der Waals surface area contributed by atoms with Crippen LogP contribution in [0.2, 0.25) is 0 Å². The first-order valence-electron chi connectivity index (χ1n) is 8.79. The van der Waals surface area contributed by atoms with Gasteiger partial charge in [-0.05, 0) is 46.7 Å². The van der Waals surface area contributed by atoms with Gasteiger partial charge < -0.3 is 5.73 Å². The molecular weight excluding hydrogens is 334 g/mol. The molecule has 5 nitrogen and oxygen atoms in total. The molecule has 0 saturated heterocycles. The summed E-state index contributed by atoms with van der Waals surface area (Å²) < 4.78 is 1.86. The van der Waals surface area contributed by atoms with Crippen molar-refractivity contribution >= 4 is 16.4 Å². The molecule has 0 aliphatic heterocycles. The lowest BCUT2D eigenvalue weighted by Gasteiger charge is -2.12. The maximum atomic E-state index is 6.42. The van der Waals surface area contributed by atoms with Gasteiger partial charge in [-0.25, -0.2) is 9.50 Å². The Morgan fingerprint density at radius 2 is 1.67 bits per heavy atom. The first-order chi connectivity index (χ1) is 13.3. The van der Waals surface area contributed by atoms with Crippen LogP contribution in [0.15, 0.2) is 85.3 Å². The average molecular weight is 351 g/mol. The van der Waals surface area contributed by atoms with E-state index in [9.17, 15) is 0 Å². The van der Waals surface area contributed by atoms with E-state index in [1.54, 1.807) is 12.4 Å². The summed E-state index contributed by atoms with van der Waals surface area (Å²) in [7, 11) is 0. The van der Waals surface area contributed by atoms with Crippen molar-refractivity contribution < 1.29 is 0 Å². The Morgan fingerprint density at radius 3 is 2.52 bits per heavy atom. The Labute approximate surface area is 156 Å². The lowest BCUT2D eigenvalue weighted by Crippen LogP contribution is -2.15. The van der Waals surface area contributed by atoms with Gasteiger partial charge in [-0.3, -0.25) is 4.98 Å². The van der Waals surface area contributed by atoms with Crippen molar-refractivity contribution in [3.05, 3.63) is 96.6 Å². The lowest BCUT2D eigenvalue weighted by molar-refractivity contribution is 0.770. The van der Waals surface area contributed by atoms with E-state index in [2.05, 4.69) is 40.3 Å². The van der Waals surface area contributed by atoms with Gasteiger partial charge in [0.25, 0.3) is 0 Å². The molecule has 5 aromatic rings. The van der Waals surface area contributed by atoms with Crippen LogP contribution < -0.4 is 5.73 Å². The van der Waals surface area contributed by atoms with Crippen LogP contribution in [-0.2, 0) is 0 Å². The molecule has 130 valence electrons. The molecule has 3 aromatic heterocycles. The van der Waals surface area contributed by atoms with Gasteiger partial charge >= 0.3 is 0 Å². The van der Waals surface area contributed by atoms with Crippen molar-refractivity contribution in [2.24, 2.45) is 5.73 Å². The standard InChI is InChI=1S/C22H17N5/c23-22(16-9-11-24-12-10-16)19-7-8-21-25-14-20(27(21)26-19)18-6-5-15-3-1-2-4-17(15)13-18/h1-14,22H,23H2. The van der Waals surface area contributed by atoms with Crippen LogP contribution in [0.4, 0.5) is 0 Å². The number of nitrogens with two attached hydrogens (primary N) is 1. The summed E-state index contributed by atoms with van der Waals surface area (Å²) in [4.78, 5) is 8.55. The second kappa shape index (κ2) is 6.30. The number of hydrogen-bond donors (Lipinski definition) is 1. The summed E-state index contributed by atoms with van der Waals surface area (Å²) >= 11 is 0. The van der Waals surface area contributed by atoms with E-state index >= 15 is 0 Å². The zero-order chi connectivity index (χ0) is 18.2. The smallest absolute Gasteiger partial charge is 0.154 e. The molecule has 2 aromatic carbocycles. The van der Waals surface area contributed by atoms with Crippen molar-refractivity contribution in [3.63, 3.8) is 0 Å². The number of rotatable bonds is 3. The fourth-order valence-corrected chi connectivity index (χ4v) is 3.34. The van der Waals surface area contributed by atoms with Crippen LogP contribution >= 0.6 is 0 Å². The van der Waals surface area contributed by atoms with Crippen LogP contribution in [0.25, 0.3) is 27.7 Å². The topological polar surface area (TPSA) is 69.1 Å². The molecule has 0 aliphatic carbocycles. The second-order valence-corrected chi connectivity index (χ2v) is 6.49. The van der Waals surface area contributed by atoms with E-state index < -0.39 is 0 Å². The minimum absolute atomic E-state index is 0.316. The van der Waals surface area contributed by atoms with Crippen LogP contribution in [0.1, 0.15) is 17.3 Å². The summed E-state index contributed by atoms with van der Waals surface area (Å²) in [6.45, 7) is 0. The minimum atomic E-state index is -0.316. The van der Waals surface area contributed by atoms with Crippen LogP contribution in [0.3, 0.4) is 0 Å². The Balaban J connectivity index is 1.62. The molecule has 0 aliphatic rings. The fourth-order valence-electron chi connectivity index (χ4n) is 3.34. The second-order valence-electron chi connectivity index (χ2n) is 6.49. The van der Waals surface area contributed by atoms with E-state index in [1.807, 2.05) is 47.1 Å². The van der Waals surface area contributed by atoms with Crippen molar-refractivity contribution in [2.75, 3.05) is 0 Å². The Bertz CT molecular complexity index is 1240. The van der Waals surface area contributed by atoms with E-state index in [0.29, 0.717) is 0 Å². The predicted octanol–water partition coefficient (Wildman–Crippen LogP) is 3.99. The number of pyridine rings is 1. The van der Waals surface area contributed by atoms with Crippen molar-refractivity contribution in [1.29, 1.82) is 0 Å². The van der Waals surface area contributed by atoms with Gasteiger partial charge in [0, 0.05) is 18.0 Å². The van der Waals surface area contributed by atoms with Gasteiger partial charge in [-0.1, -0.05) is 36.4 Å². The highest BCUT2D eigenvalue weighted by atomic mass is 15.3. The number of benzene rings is 2. The monoisotopic (exact) mass is 351 g/mol. The third kappa shape index (κ3) is 2.74. The van der Waals surface area contributed by atoms with Crippen molar-refractivity contribution in [1.82, 2.24) is 19.6 Å². The molecular formula is C22H17N5. The molecule has 5 heteroatoms. The molecule has 2 N–H and O–H groups in total. The molecule has 0 saturated carbocycles. The number of fused-ring (bicyclic) bond motifs is 2. The lowest BCUT2D eigenvalue weighted by atomic mass is 10.1. The summed E-state index contributed by atoms with van der Waals surface area (Å²) in [5.74, 6) is 0. The van der Waals surface area contributed by atoms with Crippen LogP contribution in [-0.4, -0.2) is 19.6 Å². The summed E-state index contributed by atoms with van der Waals surface area (Å²) in [5, 5.41) is 7.18. The maximum absolute atomic E-state index is 6.42. The number of imidazole rings is 1. The van der Waals surface area contributed by atoms with Gasteiger partial charge in [0.05, 0.1) is 23.6 Å². The Morgan fingerprint density at radius 1 is 0.852 bits per heavy atom. The summed E-state index contributed by atoms with van der Waals surface area (Å²) in [5.41, 5.74) is 11.0. The van der Waals surface area contributed by atoms with Crippen molar-refractivity contribution in [2.45, 2.75) is 6.04 Å². The number of aromatic nitrogens is 4. The van der Waals surface area contributed by atoms with E-state index in [4.69, 9.17) is 10.8 Å². The van der Waals surface area contributed by atoms with Crippen molar-refractivity contribution in [3.8, 4) is 11.3 Å². The van der Waals surface area contributed by atoms with Gasteiger partial charge in [0.15, 0.2) is 5.65 Å². The highest BCUT2D eigenvalue weighted by molar-refractivity contribution is 5.87. The largest absolute Gasteiger partial charge is 0.319 e. The predicted molar refractivity (Wildman–Crippen MR) is 106 cm³/mol. The molecule has 0 amide bonds. The average Bonchev–Trinajstić information content (AvgIpc) is 3.16. The quantitative estimate of drug-likeness (QED) is 0.533. The fraction of sp³-hybridized carbons (Fsp3) is 0.0455. The third-order valence-corrected chi connectivity index (χ3v) is 4.81. The van der Waals surface area contributed by atoms with Gasteiger partial charge in [0.2, 0.25) is 0 Å². The van der Waals surface area contributed by atoms with Gasteiger partial charge in [-0.15, -0.1) is 0 Å². The van der Waals surface area contributed by atoms with Crippen LogP contribution in [0.5, 0.6) is 0 Å². The Hall–Kier alpha value is -3.57. The highest BCUT2D eigenvalue weighted by Crippen LogP contribution is 2.26. The van der Waals surface area contributed by atoms with Crippen LogP contribution in [0, 0.1) is 0 Å². The molecule has 1 unspecified atom stereocenters. The molecule has 3 heterocycles. The van der Waals surface area contributed by atoms with Gasteiger partial charge in [0.1, 0.15) is 0 Å². The summed E-state index contributed by atoms with van der Waals surface area (Å²) in [6.07, 6.45) is 5.34. The molecule has 0 bridgehead atoms. The van der Waals surface area contributed by atoms with E-state index in [-0.39, 0.29) is 6.04 Å². The molecule has 5 rings (SSSR count). The first kappa shape index (κ1) is 15.7. The molecule has 27 heavy (non-hydrogen) atoms. The SMILES string of the molecule is NC(c1ccncc1)c1ccc2ncc(-c3ccc4ccccc4c3)n2n1. The third-order valence-electron chi connectivity index (χ3n) is 4.81. The molecule has 0 radical (unpaired) electrons. The Kier molecular flexibility index (Phi) is 3.66. The molecule has 1 atom stereocenters. The molecule has 0 spiro atoms. The first-order valence-corrected chi connectivity index (χ1v) is 8.79. The zero-order valence-electron chi connectivity index (χ0n) is 14.5. The van der Waals surface area contributed by atoms with Gasteiger partial charge in [-0.2, -0.15) is 5.10 Å².